The van der Waals surface area contributed by atoms with E-state index in [1.165, 1.54) is 19.3 Å². The summed E-state index contributed by atoms with van der Waals surface area (Å²) in [4.78, 5) is 4.53. The van der Waals surface area contributed by atoms with Gasteiger partial charge >= 0.3 is 0 Å². The summed E-state index contributed by atoms with van der Waals surface area (Å²) in [6.07, 6.45) is 5.97. The Balaban J connectivity index is 1.84. The van der Waals surface area contributed by atoms with Gasteiger partial charge in [0.25, 0.3) is 0 Å². The maximum atomic E-state index is 12.4. The summed E-state index contributed by atoms with van der Waals surface area (Å²) in [5.74, 6) is 0.396. The molecule has 0 aromatic heterocycles. The molecule has 1 aromatic rings. The van der Waals surface area contributed by atoms with Crippen molar-refractivity contribution in [1.29, 1.82) is 0 Å². The van der Waals surface area contributed by atoms with E-state index in [0.717, 1.165) is 24.0 Å². The number of hydrogen-bond donors (Lipinski definition) is 3. The fraction of sp³-hybridized carbons (Fsp3) is 0.588. The molecule has 7 heteroatoms. The van der Waals surface area contributed by atoms with E-state index < -0.39 is 10.0 Å². The molecule has 1 aliphatic carbocycles. The van der Waals surface area contributed by atoms with Gasteiger partial charge in [-0.05, 0) is 43.9 Å². The average molecular weight is 353 g/mol. The van der Waals surface area contributed by atoms with Gasteiger partial charge in [-0.1, -0.05) is 31.4 Å². The van der Waals surface area contributed by atoms with E-state index in [2.05, 4.69) is 15.0 Å². The van der Waals surface area contributed by atoms with E-state index in [1.54, 1.807) is 13.0 Å². The SMILES string of the molecule is Cc1ccc(C)c(S(=O)(=O)NCCN=C(N)NC2CCCCC2)c1. The molecule has 0 radical (unpaired) electrons. The van der Waals surface area contributed by atoms with Crippen LogP contribution in [0.25, 0.3) is 0 Å². The Labute approximate surface area is 145 Å². The lowest BCUT2D eigenvalue weighted by molar-refractivity contribution is 0.412. The standard InChI is InChI=1S/C17H28N4O2S/c1-13-8-9-14(2)16(12-13)24(22,23)20-11-10-19-17(18)21-15-6-4-3-5-7-15/h8-9,12,15,20H,3-7,10-11H2,1-2H3,(H3,18,19,21). The summed E-state index contributed by atoms with van der Waals surface area (Å²) in [6, 6.07) is 5.79. The summed E-state index contributed by atoms with van der Waals surface area (Å²) in [5, 5.41) is 3.22. The number of guanidine groups is 1. The zero-order valence-electron chi connectivity index (χ0n) is 14.5. The Kier molecular flexibility index (Phi) is 6.62. The van der Waals surface area contributed by atoms with Crippen molar-refractivity contribution in [2.24, 2.45) is 10.7 Å². The van der Waals surface area contributed by atoms with E-state index >= 15 is 0 Å². The Bertz CT molecular complexity index is 680. The van der Waals surface area contributed by atoms with E-state index in [9.17, 15) is 8.42 Å². The minimum Gasteiger partial charge on any atom is -0.370 e. The third-order valence-corrected chi connectivity index (χ3v) is 5.88. The Morgan fingerprint density at radius 1 is 1.25 bits per heavy atom. The van der Waals surface area contributed by atoms with E-state index in [4.69, 9.17) is 5.73 Å². The van der Waals surface area contributed by atoms with Gasteiger partial charge in [0.15, 0.2) is 5.96 Å². The molecular formula is C17H28N4O2S. The largest absolute Gasteiger partial charge is 0.370 e. The van der Waals surface area contributed by atoms with Crippen LogP contribution >= 0.6 is 0 Å². The van der Waals surface area contributed by atoms with Crippen LogP contribution < -0.4 is 15.8 Å². The first-order valence-electron chi connectivity index (χ1n) is 8.52. The summed E-state index contributed by atoms with van der Waals surface area (Å²) >= 11 is 0. The van der Waals surface area contributed by atoms with Gasteiger partial charge in [-0.3, -0.25) is 4.99 Å². The molecule has 0 heterocycles. The Morgan fingerprint density at radius 2 is 1.96 bits per heavy atom. The van der Waals surface area contributed by atoms with Gasteiger partial charge in [-0.2, -0.15) is 0 Å². The van der Waals surface area contributed by atoms with Crippen molar-refractivity contribution in [1.82, 2.24) is 10.0 Å². The molecule has 6 nitrogen and oxygen atoms in total. The molecule has 24 heavy (non-hydrogen) atoms. The summed E-state index contributed by atoms with van der Waals surface area (Å²) in [7, 11) is -3.52. The molecule has 0 spiro atoms. The third kappa shape index (κ3) is 5.49. The molecule has 1 saturated carbocycles. The highest BCUT2D eigenvalue weighted by Gasteiger charge is 2.16. The number of rotatable bonds is 6. The highest BCUT2D eigenvalue weighted by molar-refractivity contribution is 7.89. The van der Waals surface area contributed by atoms with Crippen LogP contribution in [0.15, 0.2) is 28.1 Å². The van der Waals surface area contributed by atoms with Gasteiger partial charge in [0.05, 0.1) is 11.4 Å². The van der Waals surface area contributed by atoms with E-state index in [1.807, 2.05) is 19.1 Å². The molecule has 0 aliphatic heterocycles. The number of nitrogens with two attached hydrogens (primary N) is 1. The van der Waals surface area contributed by atoms with Gasteiger partial charge in [-0.15, -0.1) is 0 Å². The van der Waals surface area contributed by atoms with Crippen molar-refractivity contribution in [2.75, 3.05) is 13.1 Å². The zero-order chi connectivity index (χ0) is 17.6. The van der Waals surface area contributed by atoms with Crippen LogP contribution in [0.5, 0.6) is 0 Å². The van der Waals surface area contributed by atoms with Crippen LogP contribution in [-0.2, 0) is 10.0 Å². The predicted octanol–water partition coefficient (Wildman–Crippen LogP) is 1.82. The molecule has 0 saturated heterocycles. The van der Waals surface area contributed by atoms with Crippen molar-refractivity contribution in [3.8, 4) is 0 Å². The zero-order valence-corrected chi connectivity index (χ0v) is 15.3. The minimum atomic E-state index is -3.52. The second-order valence-corrected chi connectivity index (χ2v) is 8.15. The van der Waals surface area contributed by atoms with Gasteiger partial charge in [0.1, 0.15) is 0 Å². The number of sulfonamides is 1. The normalized spacial score (nSPS) is 17.0. The monoisotopic (exact) mass is 352 g/mol. The summed E-state index contributed by atoms with van der Waals surface area (Å²) in [5.41, 5.74) is 7.52. The molecular weight excluding hydrogens is 324 g/mol. The molecule has 134 valence electrons. The second kappa shape index (κ2) is 8.48. The maximum absolute atomic E-state index is 12.4. The lowest BCUT2D eigenvalue weighted by atomic mass is 9.96. The molecule has 0 unspecified atom stereocenters. The van der Waals surface area contributed by atoms with Crippen molar-refractivity contribution in [3.05, 3.63) is 29.3 Å². The van der Waals surface area contributed by atoms with Crippen LogP contribution in [0.3, 0.4) is 0 Å². The van der Waals surface area contributed by atoms with Crippen LogP contribution in [0.1, 0.15) is 43.2 Å². The highest BCUT2D eigenvalue weighted by atomic mass is 32.2. The molecule has 1 aliphatic rings. The van der Waals surface area contributed by atoms with Crippen molar-refractivity contribution in [3.63, 3.8) is 0 Å². The van der Waals surface area contributed by atoms with Crippen molar-refractivity contribution >= 4 is 16.0 Å². The average Bonchev–Trinajstić information content (AvgIpc) is 2.55. The molecule has 0 atom stereocenters. The van der Waals surface area contributed by atoms with Crippen LogP contribution in [-0.4, -0.2) is 33.5 Å². The fourth-order valence-electron chi connectivity index (χ4n) is 2.93. The minimum absolute atomic E-state index is 0.225. The lowest BCUT2D eigenvalue weighted by Crippen LogP contribution is -2.41. The van der Waals surface area contributed by atoms with Gasteiger partial charge in [0.2, 0.25) is 10.0 Å². The molecule has 1 fully saturated rings. The topological polar surface area (TPSA) is 96.6 Å². The Morgan fingerprint density at radius 3 is 2.67 bits per heavy atom. The van der Waals surface area contributed by atoms with Crippen molar-refractivity contribution < 1.29 is 8.42 Å². The predicted molar refractivity (Wildman–Crippen MR) is 97.6 cm³/mol. The van der Waals surface area contributed by atoms with Crippen molar-refractivity contribution in [2.45, 2.75) is 56.9 Å². The summed E-state index contributed by atoms with van der Waals surface area (Å²) in [6.45, 7) is 4.21. The number of nitrogens with one attached hydrogen (secondary N) is 2. The molecule has 1 aromatic carbocycles. The lowest BCUT2D eigenvalue weighted by Gasteiger charge is -2.23. The van der Waals surface area contributed by atoms with Crippen LogP contribution in [0.2, 0.25) is 0 Å². The van der Waals surface area contributed by atoms with Gasteiger partial charge in [-0.25, -0.2) is 13.1 Å². The van der Waals surface area contributed by atoms with Gasteiger partial charge < -0.3 is 11.1 Å². The first-order valence-corrected chi connectivity index (χ1v) is 10.0. The van der Waals surface area contributed by atoms with Crippen LogP contribution in [0.4, 0.5) is 0 Å². The smallest absolute Gasteiger partial charge is 0.240 e. The molecule has 0 bridgehead atoms. The number of aryl methyl sites for hydroxylation is 2. The number of aliphatic imine (C=N–C) groups is 1. The first kappa shape index (κ1) is 18.7. The van der Waals surface area contributed by atoms with E-state index in [-0.39, 0.29) is 6.54 Å². The fourth-order valence-corrected chi connectivity index (χ4v) is 4.28. The first-order chi connectivity index (χ1) is 11.4. The summed E-state index contributed by atoms with van der Waals surface area (Å²) < 4.78 is 27.3. The Hall–Kier alpha value is -1.60. The molecule has 4 N–H and O–H groups in total. The second-order valence-electron chi connectivity index (χ2n) is 6.41. The number of nitrogens with zero attached hydrogens (tertiary/aromatic N) is 1. The van der Waals surface area contributed by atoms with E-state index in [0.29, 0.717) is 23.4 Å². The molecule has 0 amide bonds. The maximum Gasteiger partial charge on any atom is 0.240 e. The third-order valence-electron chi connectivity index (χ3n) is 4.28. The quantitative estimate of drug-likeness (QED) is 0.413. The molecule has 2 rings (SSSR count). The number of benzene rings is 1. The van der Waals surface area contributed by atoms with Gasteiger partial charge in [0, 0.05) is 12.6 Å². The number of hydrogen-bond acceptors (Lipinski definition) is 3. The highest BCUT2D eigenvalue weighted by Crippen LogP contribution is 2.17. The van der Waals surface area contributed by atoms with Crippen LogP contribution in [0, 0.1) is 13.8 Å².